The first-order valence-electron chi connectivity index (χ1n) is 3.26. The lowest BCUT2D eigenvalue weighted by atomic mass is 10.3. The maximum absolute atomic E-state index is 11.0. The van der Waals surface area contributed by atoms with Crippen LogP contribution in [0.5, 0.6) is 0 Å². The van der Waals surface area contributed by atoms with Gasteiger partial charge in [-0.25, -0.2) is 4.68 Å². The van der Waals surface area contributed by atoms with Crippen LogP contribution in [0, 0.1) is 0 Å². The van der Waals surface area contributed by atoms with E-state index in [1.807, 2.05) is 0 Å². The molecule has 0 spiro atoms. The fraction of sp³-hybridized carbons (Fsp3) is 0.667. The van der Waals surface area contributed by atoms with Crippen molar-refractivity contribution in [1.82, 2.24) is 9.78 Å². The molecule has 3 nitrogen and oxygen atoms in total. The van der Waals surface area contributed by atoms with Crippen molar-refractivity contribution in [3.63, 3.8) is 0 Å². The van der Waals surface area contributed by atoms with E-state index >= 15 is 0 Å². The molecule has 0 bridgehead atoms. The van der Waals surface area contributed by atoms with Crippen LogP contribution in [0.4, 0.5) is 0 Å². The quantitative estimate of drug-likeness (QED) is 0.603. The van der Waals surface area contributed by atoms with Crippen LogP contribution in [0.2, 0.25) is 0 Å². The Morgan fingerprint density at radius 3 is 2.90 bits per heavy atom. The molecule has 0 N–H and O–H groups in total. The molecule has 0 radical (unpaired) electrons. The molecule has 0 atom stereocenters. The van der Waals surface area contributed by atoms with Crippen molar-refractivity contribution in [2.24, 2.45) is 0 Å². The van der Waals surface area contributed by atoms with Crippen molar-refractivity contribution in [3.8, 4) is 0 Å². The Kier molecular flexibility index (Phi) is 1.03. The second-order valence-corrected chi connectivity index (χ2v) is 3.71. The van der Waals surface area contributed by atoms with Crippen molar-refractivity contribution in [2.75, 3.05) is 0 Å². The van der Waals surface area contributed by atoms with Crippen LogP contribution in [-0.4, -0.2) is 9.78 Å². The van der Waals surface area contributed by atoms with Gasteiger partial charge in [0.1, 0.15) is 5.51 Å². The van der Waals surface area contributed by atoms with Gasteiger partial charge in [0.25, 0.3) is 0 Å². The summed E-state index contributed by atoms with van der Waals surface area (Å²) >= 11 is 1.17. The van der Waals surface area contributed by atoms with Crippen LogP contribution in [0.3, 0.4) is 0 Å². The van der Waals surface area contributed by atoms with E-state index in [-0.39, 0.29) is 10.4 Å². The zero-order valence-electron chi connectivity index (χ0n) is 5.70. The smallest absolute Gasteiger partial charge is 0.255 e. The largest absolute Gasteiger partial charge is 0.325 e. The van der Waals surface area contributed by atoms with Crippen molar-refractivity contribution in [2.45, 2.75) is 25.3 Å². The maximum atomic E-state index is 11.0. The first kappa shape index (κ1) is 6.09. The van der Waals surface area contributed by atoms with E-state index in [0.717, 1.165) is 12.8 Å². The Balaban J connectivity index is 2.51. The summed E-state index contributed by atoms with van der Waals surface area (Å²) in [4.78, 5) is 11.1. The van der Waals surface area contributed by atoms with Crippen LogP contribution in [0.25, 0.3) is 0 Å². The molecule has 0 aromatic carbocycles. The lowest BCUT2D eigenvalue weighted by Gasteiger charge is -2.04. The van der Waals surface area contributed by atoms with Gasteiger partial charge in [-0.3, -0.25) is 4.79 Å². The standard InChI is InChI=1S/C6H8N2OS/c1-6(2-3-6)8-5(9)10-4-7-8/h4H,2-3H2,1H3. The molecule has 1 aliphatic rings. The van der Waals surface area contributed by atoms with Crippen LogP contribution in [-0.2, 0) is 5.54 Å². The van der Waals surface area contributed by atoms with Crippen molar-refractivity contribution in [3.05, 3.63) is 15.2 Å². The van der Waals surface area contributed by atoms with Crippen LogP contribution in [0.1, 0.15) is 19.8 Å². The number of nitrogens with zero attached hydrogens (tertiary/aromatic N) is 2. The van der Waals surface area contributed by atoms with E-state index in [2.05, 4.69) is 12.0 Å². The summed E-state index contributed by atoms with van der Waals surface area (Å²) in [5.41, 5.74) is 1.67. The monoisotopic (exact) mass is 156 g/mol. The van der Waals surface area contributed by atoms with Gasteiger partial charge in [0, 0.05) is 0 Å². The van der Waals surface area contributed by atoms with Gasteiger partial charge in [0.05, 0.1) is 5.54 Å². The van der Waals surface area contributed by atoms with Crippen molar-refractivity contribution in [1.29, 1.82) is 0 Å². The van der Waals surface area contributed by atoms with E-state index < -0.39 is 0 Å². The van der Waals surface area contributed by atoms with Gasteiger partial charge in [0.2, 0.25) is 0 Å². The highest BCUT2D eigenvalue weighted by Gasteiger charge is 2.41. The third-order valence-corrected chi connectivity index (χ3v) is 2.55. The predicted molar refractivity (Wildman–Crippen MR) is 39.3 cm³/mol. The first-order valence-corrected chi connectivity index (χ1v) is 4.14. The molecule has 10 heavy (non-hydrogen) atoms. The minimum atomic E-state index is 0.0666. The van der Waals surface area contributed by atoms with Gasteiger partial charge in [0.15, 0.2) is 0 Å². The Morgan fingerprint density at radius 1 is 1.80 bits per heavy atom. The summed E-state index contributed by atoms with van der Waals surface area (Å²) in [5.74, 6) is 0. The molecule has 1 heterocycles. The fourth-order valence-electron chi connectivity index (χ4n) is 0.965. The highest BCUT2D eigenvalue weighted by Crippen LogP contribution is 2.40. The molecular weight excluding hydrogens is 148 g/mol. The Labute approximate surface area is 62.3 Å². The zero-order chi connectivity index (χ0) is 7.19. The molecule has 4 heteroatoms. The van der Waals surface area contributed by atoms with Gasteiger partial charge in [-0.15, -0.1) is 0 Å². The lowest BCUT2D eigenvalue weighted by molar-refractivity contribution is 0.460. The van der Waals surface area contributed by atoms with Gasteiger partial charge in [-0.05, 0) is 19.8 Å². The molecular formula is C6H8N2OS. The van der Waals surface area contributed by atoms with E-state index in [1.54, 1.807) is 10.2 Å². The molecule has 1 fully saturated rings. The predicted octanol–water partition coefficient (Wildman–Crippen LogP) is 0.814. The SMILES string of the molecule is CC1(n2ncsc2=O)CC1. The molecule has 1 aromatic heterocycles. The third kappa shape index (κ3) is 0.718. The molecule has 54 valence electrons. The van der Waals surface area contributed by atoms with Gasteiger partial charge in [-0.1, -0.05) is 11.3 Å². The summed E-state index contributed by atoms with van der Waals surface area (Å²) in [6.45, 7) is 2.06. The second-order valence-electron chi connectivity index (χ2n) is 2.91. The number of aromatic nitrogens is 2. The molecule has 0 aliphatic heterocycles. The summed E-state index contributed by atoms with van der Waals surface area (Å²) in [5, 5.41) is 3.97. The molecule has 0 saturated heterocycles. The minimum Gasteiger partial charge on any atom is -0.255 e. The second kappa shape index (κ2) is 1.69. The van der Waals surface area contributed by atoms with E-state index in [1.165, 1.54) is 11.3 Å². The van der Waals surface area contributed by atoms with Crippen molar-refractivity contribution < 1.29 is 0 Å². The zero-order valence-corrected chi connectivity index (χ0v) is 6.52. The molecule has 2 rings (SSSR count). The number of rotatable bonds is 1. The fourth-order valence-corrected chi connectivity index (χ4v) is 1.56. The van der Waals surface area contributed by atoms with Crippen molar-refractivity contribution >= 4 is 11.3 Å². The summed E-state index contributed by atoms with van der Waals surface area (Å²) in [6.07, 6.45) is 2.19. The first-order chi connectivity index (χ1) is 4.72. The molecule has 0 amide bonds. The molecule has 1 saturated carbocycles. The van der Waals surface area contributed by atoms with E-state index in [9.17, 15) is 4.79 Å². The Bertz CT molecular complexity index is 297. The van der Waals surface area contributed by atoms with Gasteiger partial charge in [-0.2, -0.15) is 5.10 Å². The molecule has 0 unspecified atom stereocenters. The van der Waals surface area contributed by atoms with Crippen LogP contribution < -0.4 is 4.87 Å². The maximum Gasteiger partial charge on any atom is 0.325 e. The average Bonchev–Trinajstić information content (AvgIpc) is 2.44. The molecule has 1 aliphatic carbocycles. The van der Waals surface area contributed by atoms with Gasteiger partial charge < -0.3 is 0 Å². The summed E-state index contributed by atoms with van der Waals surface area (Å²) in [6, 6.07) is 0. The van der Waals surface area contributed by atoms with E-state index in [0.29, 0.717) is 0 Å². The van der Waals surface area contributed by atoms with Crippen LogP contribution >= 0.6 is 11.3 Å². The van der Waals surface area contributed by atoms with E-state index in [4.69, 9.17) is 0 Å². The van der Waals surface area contributed by atoms with Gasteiger partial charge >= 0.3 is 4.87 Å². The highest BCUT2D eigenvalue weighted by molar-refractivity contribution is 7.06. The lowest BCUT2D eigenvalue weighted by Crippen LogP contribution is -2.24. The summed E-state index contributed by atoms with van der Waals surface area (Å²) in [7, 11) is 0. The minimum absolute atomic E-state index is 0.0666. The molecule has 1 aromatic rings. The Hall–Kier alpha value is -0.640. The number of hydrogen-bond donors (Lipinski definition) is 0. The third-order valence-electron chi connectivity index (χ3n) is 1.97. The highest BCUT2D eigenvalue weighted by atomic mass is 32.1. The Morgan fingerprint density at radius 2 is 2.50 bits per heavy atom. The topological polar surface area (TPSA) is 34.9 Å². The van der Waals surface area contributed by atoms with Crippen LogP contribution in [0.15, 0.2) is 10.3 Å². The average molecular weight is 156 g/mol. The number of hydrogen-bond acceptors (Lipinski definition) is 3. The normalized spacial score (nSPS) is 20.9. The summed E-state index contributed by atoms with van der Waals surface area (Å²) < 4.78 is 1.59.